The fourth-order valence-electron chi connectivity index (χ4n) is 3.63. The zero-order valence-corrected chi connectivity index (χ0v) is 14.3. The van der Waals surface area contributed by atoms with Crippen LogP contribution >= 0.6 is 12.4 Å². The van der Waals surface area contributed by atoms with Crippen molar-refractivity contribution in [1.29, 1.82) is 0 Å². The molecular weight excluding hydrogens is 332 g/mol. The number of rotatable bonds is 3. The second-order valence-electron chi connectivity index (χ2n) is 6.36. The number of anilines is 1. The van der Waals surface area contributed by atoms with Crippen LogP contribution in [0.15, 0.2) is 18.2 Å². The van der Waals surface area contributed by atoms with Gasteiger partial charge >= 0.3 is 0 Å². The van der Waals surface area contributed by atoms with E-state index in [2.05, 4.69) is 5.32 Å². The van der Waals surface area contributed by atoms with Crippen molar-refractivity contribution in [3.05, 3.63) is 33.9 Å². The highest BCUT2D eigenvalue weighted by atomic mass is 35.5. The lowest BCUT2D eigenvalue weighted by molar-refractivity contribution is -0.384. The van der Waals surface area contributed by atoms with Gasteiger partial charge < -0.3 is 16.0 Å². The summed E-state index contributed by atoms with van der Waals surface area (Å²) in [6, 6.07) is 4.61. The fraction of sp³-hybridized carbons (Fsp3) is 0.562. The van der Waals surface area contributed by atoms with Gasteiger partial charge in [-0.1, -0.05) is 0 Å². The third-order valence-corrected chi connectivity index (χ3v) is 4.97. The zero-order chi connectivity index (χ0) is 16.4. The molecule has 132 valence electrons. The molecule has 2 aliphatic rings. The monoisotopic (exact) mass is 354 g/mol. The maximum atomic E-state index is 12.6. The third kappa shape index (κ3) is 3.79. The van der Waals surface area contributed by atoms with Crippen LogP contribution in [0.5, 0.6) is 0 Å². The predicted molar refractivity (Wildman–Crippen MR) is 94.4 cm³/mol. The first-order valence-corrected chi connectivity index (χ1v) is 8.13. The van der Waals surface area contributed by atoms with Crippen molar-refractivity contribution in [3.8, 4) is 0 Å². The minimum absolute atomic E-state index is 0. The first kappa shape index (κ1) is 18.5. The standard InChI is InChI=1S/C16H22N4O3.ClH/c17-14-4-3-12(20(22)23)10-13(14)16(21)19-8-5-11(6-9-19)15-2-1-7-18-15;/h3-4,10-11,15,18H,1-2,5-9,17H2;1H. The summed E-state index contributed by atoms with van der Waals surface area (Å²) in [6.45, 7) is 2.46. The second-order valence-corrected chi connectivity index (χ2v) is 6.36. The van der Waals surface area contributed by atoms with Crippen molar-refractivity contribution >= 4 is 29.7 Å². The first-order chi connectivity index (χ1) is 11.1. The van der Waals surface area contributed by atoms with E-state index in [1.807, 2.05) is 0 Å². The van der Waals surface area contributed by atoms with Crippen LogP contribution in [0.1, 0.15) is 36.0 Å². The lowest BCUT2D eigenvalue weighted by Gasteiger charge is -2.35. The SMILES string of the molecule is Cl.Nc1ccc([N+](=O)[O-])cc1C(=O)N1CCC(C2CCCN2)CC1. The maximum absolute atomic E-state index is 12.6. The smallest absolute Gasteiger partial charge is 0.270 e. The number of piperidine rings is 1. The Balaban J connectivity index is 0.00000208. The van der Waals surface area contributed by atoms with E-state index in [-0.39, 0.29) is 29.6 Å². The summed E-state index contributed by atoms with van der Waals surface area (Å²) in [7, 11) is 0. The quantitative estimate of drug-likeness (QED) is 0.492. The van der Waals surface area contributed by atoms with Gasteiger partial charge in [0, 0.05) is 37.0 Å². The highest BCUT2D eigenvalue weighted by Crippen LogP contribution is 2.28. The van der Waals surface area contributed by atoms with Crippen molar-refractivity contribution in [2.24, 2.45) is 5.92 Å². The van der Waals surface area contributed by atoms with Crippen LogP contribution in [0, 0.1) is 16.0 Å². The first-order valence-electron chi connectivity index (χ1n) is 8.13. The van der Waals surface area contributed by atoms with E-state index in [0.29, 0.717) is 30.7 Å². The Labute approximate surface area is 147 Å². The number of amides is 1. The number of likely N-dealkylation sites (tertiary alicyclic amines) is 1. The van der Waals surface area contributed by atoms with Crippen LogP contribution in [0.2, 0.25) is 0 Å². The van der Waals surface area contributed by atoms with E-state index in [4.69, 9.17) is 5.73 Å². The van der Waals surface area contributed by atoms with Crippen molar-refractivity contribution in [2.45, 2.75) is 31.7 Å². The topological polar surface area (TPSA) is 101 Å². The van der Waals surface area contributed by atoms with Crippen molar-refractivity contribution < 1.29 is 9.72 Å². The van der Waals surface area contributed by atoms with Crippen molar-refractivity contribution in [1.82, 2.24) is 10.2 Å². The minimum atomic E-state index is -0.506. The van der Waals surface area contributed by atoms with E-state index in [1.54, 1.807) is 4.90 Å². The number of carbonyl (C=O) groups excluding carboxylic acids is 1. The van der Waals surface area contributed by atoms with Gasteiger partial charge in [0.2, 0.25) is 0 Å². The van der Waals surface area contributed by atoms with Gasteiger partial charge in [-0.05, 0) is 44.2 Å². The number of nitrogen functional groups attached to an aromatic ring is 1. The number of hydrogen-bond donors (Lipinski definition) is 2. The number of benzene rings is 1. The zero-order valence-electron chi connectivity index (χ0n) is 13.4. The fourth-order valence-corrected chi connectivity index (χ4v) is 3.63. The van der Waals surface area contributed by atoms with Crippen molar-refractivity contribution in [3.63, 3.8) is 0 Å². The molecule has 2 saturated heterocycles. The summed E-state index contributed by atoms with van der Waals surface area (Å²) in [5.74, 6) is 0.410. The van der Waals surface area contributed by atoms with Gasteiger partial charge in [-0.3, -0.25) is 14.9 Å². The van der Waals surface area contributed by atoms with Crippen LogP contribution < -0.4 is 11.1 Å². The van der Waals surface area contributed by atoms with E-state index in [0.717, 1.165) is 19.4 Å². The molecule has 0 aromatic heterocycles. The van der Waals surface area contributed by atoms with Gasteiger partial charge in [-0.15, -0.1) is 12.4 Å². The van der Waals surface area contributed by atoms with Crippen LogP contribution in [-0.4, -0.2) is 41.4 Å². The molecule has 0 spiro atoms. The Morgan fingerprint density at radius 3 is 2.58 bits per heavy atom. The average molecular weight is 355 g/mol. The molecule has 8 heteroatoms. The van der Waals surface area contributed by atoms with Gasteiger partial charge in [0.15, 0.2) is 0 Å². The number of nitrogens with two attached hydrogens (primary N) is 1. The molecule has 0 aliphatic carbocycles. The summed E-state index contributed by atoms with van der Waals surface area (Å²) in [5.41, 5.74) is 6.26. The Hall–Kier alpha value is -1.86. The molecule has 1 amide bonds. The van der Waals surface area contributed by atoms with Crippen LogP contribution in [0.25, 0.3) is 0 Å². The Bertz CT molecular complexity index is 611. The molecule has 2 aliphatic heterocycles. The largest absolute Gasteiger partial charge is 0.398 e. The predicted octanol–water partition coefficient (Wildman–Crippen LogP) is 2.20. The molecule has 0 radical (unpaired) electrons. The molecule has 2 fully saturated rings. The van der Waals surface area contributed by atoms with Gasteiger partial charge in [0.25, 0.3) is 11.6 Å². The minimum Gasteiger partial charge on any atom is -0.398 e. The van der Waals surface area contributed by atoms with Gasteiger partial charge in [-0.2, -0.15) is 0 Å². The number of carbonyl (C=O) groups is 1. The molecular formula is C16H23ClN4O3. The molecule has 3 rings (SSSR count). The highest BCUT2D eigenvalue weighted by molar-refractivity contribution is 5.99. The maximum Gasteiger partial charge on any atom is 0.270 e. The molecule has 0 saturated carbocycles. The molecule has 1 unspecified atom stereocenters. The number of hydrogen-bond acceptors (Lipinski definition) is 5. The summed E-state index contributed by atoms with van der Waals surface area (Å²) < 4.78 is 0. The van der Waals surface area contributed by atoms with E-state index >= 15 is 0 Å². The summed E-state index contributed by atoms with van der Waals surface area (Å²) in [6.07, 6.45) is 4.39. The van der Waals surface area contributed by atoms with E-state index < -0.39 is 4.92 Å². The Kier molecular flexibility index (Phi) is 6.01. The van der Waals surface area contributed by atoms with Gasteiger partial charge in [0.1, 0.15) is 0 Å². The van der Waals surface area contributed by atoms with E-state index in [1.165, 1.54) is 31.0 Å². The number of nitro groups is 1. The number of nitrogens with zero attached hydrogens (tertiary/aromatic N) is 2. The van der Waals surface area contributed by atoms with Crippen LogP contribution in [-0.2, 0) is 0 Å². The number of halogens is 1. The van der Waals surface area contributed by atoms with Crippen molar-refractivity contribution in [2.75, 3.05) is 25.4 Å². The number of nitrogens with one attached hydrogen (secondary N) is 1. The van der Waals surface area contributed by atoms with Gasteiger partial charge in [0.05, 0.1) is 10.5 Å². The molecule has 3 N–H and O–H groups in total. The molecule has 1 aromatic carbocycles. The normalized spacial score (nSPS) is 21.3. The molecule has 24 heavy (non-hydrogen) atoms. The Morgan fingerprint density at radius 1 is 1.29 bits per heavy atom. The molecule has 0 bridgehead atoms. The summed E-state index contributed by atoms with van der Waals surface area (Å²) >= 11 is 0. The number of nitro benzene ring substituents is 1. The lowest BCUT2D eigenvalue weighted by atomic mass is 9.88. The average Bonchev–Trinajstić information content (AvgIpc) is 3.09. The summed E-state index contributed by atoms with van der Waals surface area (Å²) in [4.78, 5) is 24.8. The summed E-state index contributed by atoms with van der Waals surface area (Å²) in [5, 5.41) is 14.4. The van der Waals surface area contributed by atoms with E-state index in [9.17, 15) is 14.9 Å². The molecule has 2 heterocycles. The second kappa shape index (κ2) is 7.81. The van der Waals surface area contributed by atoms with Crippen LogP contribution in [0.4, 0.5) is 11.4 Å². The van der Waals surface area contributed by atoms with Crippen LogP contribution in [0.3, 0.4) is 0 Å². The number of non-ortho nitro benzene ring substituents is 1. The molecule has 1 atom stereocenters. The lowest BCUT2D eigenvalue weighted by Crippen LogP contribution is -2.43. The third-order valence-electron chi connectivity index (χ3n) is 4.97. The highest BCUT2D eigenvalue weighted by Gasteiger charge is 2.31. The molecule has 1 aromatic rings. The van der Waals surface area contributed by atoms with Gasteiger partial charge in [-0.25, -0.2) is 0 Å². The Morgan fingerprint density at radius 2 is 2.00 bits per heavy atom. The molecule has 7 nitrogen and oxygen atoms in total.